The van der Waals surface area contributed by atoms with Crippen molar-refractivity contribution in [3.05, 3.63) is 11.6 Å². The van der Waals surface area contributed by atoms with Crippen LogP contribution < -0.4 is 0 Å². The monoisotopic (exact) mass is 676 g/mol. The number of fused-ring (bicyclic) bond motifs is 5. The molecule has 48 heavy (non-hydrogen) atoms. The first-order valence-electron chi connectivity index (χ1n) is 16.4. The number of hydrogen-bond donors (Lipinski definition) is 1. The lowest BCUT2D eigenvalue weighted by molar-refractivity contribution is -0.300. The number of carbonyl (C=O) groups is 7. The number of carbonyl (C=O) groups excluding carboxylic acids is 7. The van der Waals surface area contributed by atoms with E-state index in [-0.39, 0.29) is 42.2 Å². The number of allylic oxidation sites excluding steroid dienone is 1. The summed E-state index contributed by atoms with van der Waals surface area (Å²) in [6, 6.07) is 0. The van der Waals surface area contributed by atoms with Crippen LogP contribution in [0.5, 0.6) is 0 Å². The van der Waals surface area contributed by atoms with Crippen LogP contribution in [-0.2, 0) is 62.0 Å². The number of ether oxygens (including phenoxy) is 6. The molecule has 14 heteroatoms. The molecule has 1 aliphatic heterocycles. The number of Topliss-reactive ketones (excluding diaryl/α,β-unsaturated/α-hetero) is 2. The van der Waals surface area contributed by atoms with E-state index in [2.05, 4.69) is 6.92 Å². The van der Waals surface area contributed by atoms with Crippen molar-refractivity contribution in [2.75, 3.05) is 13.7 Å². The Morgan fingerprint density at radius 1 is 0.896 bits per heavy atom. The largest absolute Gasteiger partial charge is 0.467 e. The number of esters is 4. The lowest BCUT2D eigenvalue weighted by Crippen LogP contribution is -2.64. The van der Waals surface area contributed by atoms with Gasteiger partial charge in [0.15, 0.2) is 42.3 Å². The van der Waals surface area contributed by atoms with Crippen LogP contribution in [0.25, 0.3) is 0 Å². The van der Waals surface area contributed by atoms with Gasteiger partial charge in [0, 0.05) is 44.9 Å². The highest BCUT2D eigenvalue weighted by molar-refractivity contribution is 5.94. The summed E-state index contributed by atoms with van der Waals surface area (Å²) in [6.45, 7) is 6.21. The van der Waals surface area contributed by atoms with Crippen LogP contribution in [0.1, 0.15) is 79.6 Å². The molecule has 0 aromatic rings. The number of ketones is 3. The summed E-state index contributed by atoms with van der Waals surface area (Å²) >= 11 is 0. The molecule has 0 aromatic carbocycles. The van der Waals surface area contributed by atoms with E-state index in [1.165, 1.54) is 0 Å². The normalized spacial score (nSPS) is 40.4. The summed E-state index contributed by atoms with van der Waals surface area (Å²) in [5.41, 5.74) is -2.49. The Morgan fingerprint density at radius 2 is 1.52 bits per heavy atom. The summed E-state index contributed by atoms with van der Waals surface area (Å²) in [4.78, 5) is 89.1. The summed E-state index contributed by atoms with van der Waals surface area (Å²) in [5.74, 6) is -4.85. The summed E-state index contributed by atoms with van der Waals surface area (Å²) in [7, 11) is 1.05. The number of rotatable bonds is 8. The molecule has 14 nitrogen and oxygen atoms in total. The number of aliphatic hydroxyl groups is 1. The molecule has 5 aliphatic rings. The van der Waals surface area contributed by atoms with Crippen LogP contribution >= 0.6 is 0 Å². The standard InChI is InChI=1S/C34H44O14/c1-16(35)45-26-27(46-17(2)36)29(47-18(3)37)31(48-28(26)30(41)43-6)44-15-24(40)34(42)12-10-22-21-8-7-19-13-20(38)9-11-32(19,4)25(21)23(39)14-33(22,34)5/h13,21-22,25-29,31,42H,7-12,14-15H2,1-6H3. The van der Waals surface area contributed by atoms with E-state index in [9.17, 15) is 38.7 Å². The zero-order chi connectivity index (χ0) is 35.3. The molecular weight excluding hydrogens is 632 g/mol. The maximum atomic E-state index is 14.0. The van der Waals surface area contributed by atoms with Gasteiger partial charge >= 0.3 is 23.9 Å². The van der Waals surface area contributed by atoms with Crippen molar-refractivity contribution in [3.8, 4) is 0 Å². The summed E-state index contributed by atoms with van der Waals surface area (Å²) in [5, 5.41) is 12.1. The van der Waals surface area contributed by atoms with E-state index in [0.717, 1.165) is 33.5 Å². The highest BCUT2D eigenvalue weighted by Crippen LogP contribution is 2.66. The lowest BCUT2D eigenvalue weighted by atomic mass is 9.46. The maximum Gasteiger partial charge on any atom is 0.339 e. The van der Waals surface area contributed by atoms with Gasteiger partial charge in [0.1, 0.15) is 18.0 Å². The van der Waals surface area contributed by atoms with Gasteiger partial charge in [-0.2, -0.15) is 0 Å². The Bertz CT molecular complexity index is 1430. The third kappa shape index (κ3) is 6.00. The molecule has 1 saturated heterocycles. The molecule has 1 heterocycles. The average molecular weight is 677 g/mol. The SMILES string of the molecule is COC(=O)C1OC(OCC(=O)C2(O)CCC3C4CCC5=CC(=O)CCC5(C)C4C(=O)CC32C)C(OC(C)=O)C(OC(C)=O)C1OC(C)=O. The first-order chi connectivity index (χ1) is 22.5. The molecule has 0 bridgehead atoms. The third-order valence-electron chi connectivity index (χ3n) is 11.5. The Morgan fingerprint density at radius 3 is 2.15 bits per heavy atom. The van der Waals surface area contributed by atoms with E-state index >= 15 is 0 Å². The first kappa shape index (κ1) is 35.8. The van der Waals surface area contributed by atoms with Crippen molar-refractivity contribution in [2.45, 2.75) is 116 Å². The van der Waals surface area contributed by atoms with E-state index in [0.29, 0.717) is 32.1 Å². The van der Waals surface area contributed by atoms with Crippen molar-refractivity contribution in [1.29, 1.82) is 0 Å². The van der Waals surface area contributed by atoms with Gasteiger partial charge in [-0.05, 0) is 55.4 Å². The van der Waals surface area contributed by atoms with Gasteiger partial charge in [-0.1, -0.05) is 19.4 Å². The summed E-state index contributed by atoms with van der Waals surface area (Å²) in [6.07, 6.45) is -3.64. The number of methoxy groups -OCH3 is 1. The first-order valence-corrected chi connectivity index (χ1v) is 16.4. The van der Waals surface area contributed by atoms with Crippen LogP contribution in [-0.4, -0.2) is 96.4 Å². The van der Waals surface area contributed by atoms with Crippen LogP contribution in [0, 0.1) is 28.6 Å². The minimum absolute atomic E-state index is 0.0309. The van der Waals surface area contributed by atoms with Gasteiger partial charge in [0.2, 0.25) is 0 Å². The van der Waals surface area contributed by atoms with E-state index in [1.54, 1.807) is 13.0 Å². The van der Waals surface area contributed by atoms with Crippen LogP contribution in [0.15, 0.2) is 11.6 Å². The summed E-state index contributed by atoms with van der Waals surface area (Å²) < 4.78 is 32.3. The van der Waals surface area contributed by atoms with Crippen molar-refractivity contribution in [3.63, 3.8) is 0 Å². The van der Waals surface area contributed by atoms with Crippen LogP contribution in [0.2, 0.25) is 0 Å². The second-order valence-electron chi connectivity index (χ2n) is 14.2. The molecule has 0 aromatic heterocycles. The Balaban J connectivity index is 1.39. The Labute approximate surface area is 278 Å². The molecule has 11 unspecified atom stereocenters. The number of hydrogen-bond acceptors (Lipinski definition) is 14. The quantitative estimate of drug-likeness (QED) is 0.288. The minimum Gasteiger partial charge on any atom is -0.467 e. The van der Waals surface area contributed by atoms with Gasteiger partial charge in [0.25, 0.3) is 0 Å². The van der Waals surface area contributed by atoms with Crippen molar-refractivity contribution in [2.24, 2.45) is 28.6 Å². The van der Waals surface area contributed by atoms with Crippen LogP contribution in [0.3, 0.4) is 0 Å². The van der Waals surface area contributed by atoms with E-state index in [1.807, 2.05) is 0 Å². The molecule has 11 atom stereocenters. The second-order valence-corrected chi connectivity index (χ2v) is 14.2. The fraction of sp³-hybridized carbons (Fsp3) is 0.735. The van der Waals surface area contributed by atoms with Crippen molar-refractivity contribution >= 4 is 41.2 Å². The minimum atomic E-state index is -1.96. The lowest BCUT2D eigenvalue weighted by Gasteiger charge is -2.57. The highest BCUT2D eigenvalue weighted by atomic mass is 16.7. The molecule has 0 amide bonds. The Kier molecular flexibility index (Phi) is 9.76. The molecule has 4 fully saturated rings. The molecule has 264 valence electrons. The van der Waals surface area contributed by atoms with Gasteiger partial charge in [0.05, 0.1) is 7.11 Å². The average Bonchev–Trinajstić information content (AvgIpc) is 3.27. The topological polar surface area (TPSA) is 195 Å². The smallest absolute Gasteiger partial charge is 0.339 e. The third-order valence-corrected chi connectivity index (χ3v) is 11.5. The van der Waals surface area contributed by atoms with Gasteiger partial charge < -0.3 is 33.5 Å². The molecule has 3 saturated carbocycles. The molecule has 4 aliphatic carbocycles. The second kappa shape index (κ2) is 13.1. The predicted molar refractivity (Wildman–Crippen MR) is 160 cm³/mol. The zero-order valence-electron chi connectivity index (χ0n) is 28.1. The van der Waals surface area contributed by atoms with Crippen LogP contribution in [0.4, 0.5) is 0 Å². The van der Waals surface area contributed by atoms with Gasteiger partial charge in [-0.25, -0.2) is 4.79 Å². The van der Waals surface area contributed by atoms with Gasteiger partial charge in [-0.15, -0.1) is 0 Å². The molecule has 5 rings (SSSR count). The highest BCUT2D eigenvalue weighted by Gasteiger charge is 2.68. The van der Waals surface area contributed by atoms with Crippen molar-refractivity contribution < 1.29 is 67.1 Å². The fourth-order valence-corrected chi connectivity index (χ4v) is 9.34. The molecule has 0 radical (unpaired) electrons. The van der Waals surface area contributed by atoms with E-state index < -0.39 is 83.4 Å². The van der Waals surface area contributed by atoms with E-state index in [4.69, 9.17) is 28.4 Å². The Hall–Kier alpha value is -3.49. The van der Waals surface area contributed by atoms with Crippen molar-refractivity contribution in [1.82, 2.24) is 0 Å². The predicted octanol–water partition coefficient (Wildman–Crippen LogP) is 1.71. The fourth-order valence-electron chi connectivity index (χ4n) is 9.34. The molecule has 0 spiro atoms. The van der Waals surface area contributed by atoms with Gasteiger partial charge in [-0.3, -0.25) is 28.8 Å². The molecular formula is C34H44O14. The molecule has 1 N–H and O–H groups in total. The zero-order valence-corrected chi connectivity index (χ0v) is 28.1. The maximum absolute atomic E-state index is 14.0.